The summed E-state index contributed by atoms with van der Waals surface area (Å²) in [5.74, 6) is 1.04. The van der Waals surface area contributed by atoms with Gasteiger partial charge in [0.1, 0.15) is 5.75 Å². The largest absolute Gasteiger partial charge is 0.493 e. The Morgan fingerprint density at radius 2 is 1.74 bits per heavy atom. The van der Waals surface area contributed by atoms with E-state index in [0.717, 1.165) is 27.7 Å². The zero-order valence-electron chi connectivity index (χ0n) is 10.00. The molecule has 1 unspecified atom stereocenters. The van der Waals surface area contributed by atoms with Crippen LogP contribution < -0.4 is 4.74 Å². The van der Waals surface area contributed by atoms with Gasteiger partial charge in [-0.15, -0.1) is 0 Å². The summed E-state index contributed by atoms with van der Waals surface area (Å²) in [5, 5.41) is 0. The second kappa shape index (κ2) is 5.58. The van der Waals surface area contributed by atoms with Gasteiger partial charge in [-0.2, -0.15) is 0 Å². The minimum Gasteiger partial charge on any atom is -0.493 e. The molecular formula is C15H11Br3O. The molecule has 1 aliphatic rings. The van der Waals surface area contributed by atoms with E-state index >= 15 is 0 Å². The highest BCUT2D eigenvalue weighted by molar-refractivity contribution is 9.10. The maximum atomic E-state index is 5.79. The van der Waals surface area contributed by atoms with Crippen molar-refractivity contribution in [1.29, 1.82) is 0 Å². The van der Waals surface area contributed by atoms with Gasteiger partial charge in [-0.05, 0) is 35.4 Å². The first kappa shape index (κ1) is 13.7. The van der Waals surface area contributed by atoms with Crippen LogP contribution in [0.4, 0.5) is 0 Å². The summed E-state index contributed by atoms with van der Waals surface area (Å²) in [6.45, 7) is 0.777. The van der Waals surface area contributed by atoms with Gasteiger partial charge in [-0.3, -0.25) is 0 Å². The summed E-state index contributed by atoms with van der Waals surface area (Å²) < 4.78 is 7.99. The fourth-order valence-electron chi connectivity index (χ4n) is 2.30. The first-order valence-electron chi connectivity index (χ1n) is 6.00. The number of halogens is 3. The highest BCUT2D eigenvalue weighted by atomic mass is 79.9. The monoisotopic (exact) mass is 444 g/mol. The Morgan fingerprint density at radius 3 is 2.47 bits per heavy atom. The van der Waals surface area contributed by atoms with E-state index in [1.165, 1.54) is 16.7 Å². The molecule has 0 aromatic heterocycles. The molecule has 0 aliphatic carbocycles. The molecule has 1 aliphatic heterocycles. The molecule has 4 heteroatoms. The second-order valence-electron chi connectivity index (χ2n) is 4.50. The van der Waals surface area contributed by atoms with E-state index in [0.29, 0.717) is 0 Å². The molecule has 0 saturated heterocycles. The highest BCUT2D eigenvalue weighted by Gasteiger charge is 2.22. The zero-order valence-corrected chi connectivity index (χ0v) is 14.8. The SMILES string of the molecule is Brc1ccc(C(Br)c2cc(Br)cc3c2OCC3)cc1. The van der Waals surface area contributed by atoms with E-state index in [9.17, 15) is 0 Å². The lowest BCUT2D eigenvalue weighted by Gasteiger charge is -2.15. The number of rotatable bonds is 2. The molecule has 1 heterocycles. The molecule has 2 aromatic rings. The maximum Gasteiger partial charge on any atom is 0.127 e. The van der Waals surface area contributed by atoms with Crippen molar-refractivity contribution >= 4 is 47.8 Å². The average molecular weight is 447 g/mol. The quantitative estimate of drug-likeness (QED) is 0.543. The van der Waals surface area contributed by atoms with Gasteiger partial charge >= 0.3 is 0 Å². The summed E-state index contributed by atoms with van der Waals surface area (Å²) >= 11 is 10.8. The number of hydrogen-bond donors (Lipinski definition) is 0. The second-order valence-corrected chi connectivity index (χ2v) is 7.24. The lowest BCUT2D eigenvalue weighted by atomic mass is 10.0. The fraction of sp³-hybridized carbons (Fsp3) is 0.200. The van der Waals surface area contributed by atoms with E-state index in [2.05, 4.69) is 84.2 Å². The predicted octanol–water partition coefficient (Wildman–Crippen LogP) is 5.63. The molecule has 98 valence electrons. The van der Waals surface area contributed by atoms with E-state index < -0.39 is 0 Å². The third kappa shape index (κ3) is 2.76. The smallest absolute Gasteiger partial charge is 0.127 e. The van der Waals surface area contributed by atoms with Crippen LogP contribution >= 0.6 is 47.8 Å². The van der Waals surface area contributed by atoms with Crippen molar-refractivity contribution in [1.82, 2.24) is 0 Å². The van der Waals surface area contributed by atoms with Crippen LogP contribution in [0.25, 0.3) is 0 Å². The fourth-order valence-corrected chi connectivity index (χ4v) is 3.73. The molecule has 0 bridgehead atoms. The lowest BCUT2D eigenvalue weighted by Crippen LogP contribution is -1.97. The topological polar surface area (TPSA) is 9.23 Å². The number of benzene rings is 2. The van der Waals surface area contributed by atoms with Crippen molar-refractivity contribution in [2.45, 2.75) is 11.2 Å². The molecule has 0 amide bonds. The molecule has 0 fully saturated rings. The third-order valence-electron chi connectivity index (χ3n) is 3.21. The Labute approximate surface area is 137 Å². The Hall–Kier alpha value is -0.320. The highest BCUT2D eigenvalue weighted by Crippen LogP contribution is 2.42. The first-order chi connectivity index (χ1) is 9.15. The van der Waals surface area contributed by atoms with Crippen molar-refractivity contribution < 1.29 is 4.74 Å². The van der Waals surface area contributed by atoms with Crippen LogP contribution in [0.2, 0.25) is 0 Å². The number of fused-ring (bicyclic) bond motifs is 1. The lowest BCUT2D eigenvalue weighted by molar-refractivity contribution is 0.354. The summed E-state index contributed by atoms with van der Waals surface area (Å²) in [4.78, 5) is 0.143. The minimum atomic E-state index is 0.143. The molecule has 1 atom stereocenters. The molecule has 0 radical (unpaired) electrons. The maximum absolute atomic E-state index is 5.79. The molecule has 2 aromatic carbocycles. The van der Waals surface area contributed by atoms with E-state index in [-0.39, 0.29) is 4.83 Å². The van der Waals surface area contributed by atoms with E-state index in [4.69, 9.17) is 4.74 Å². The average Bonchev–Trinajstić information content (AvgIpc) is 2.85. The Balaban J connectivity index is 2.04. The van der Waals surface area contributed by atoms with Crippen LogP contribution in [0.1, 0.15) is 21.5 Å². The third-order valence-corrected chi connectivity index (χ3v) is 5.22. The summed E-state index contributed by atoms with van der Waals surface area (Å²) in [6.07, 6.45) is 0.988. The van der Waals surface area contributed by atoms with Crippen molar-refractivity contribution in [3.8, 4) is 5.75 Å². The van der Waals surface area contributed by atoms with Crippen LogP contribution in [0, 0.1) is 0 Å². The van der Waals surface area contributed by atoms with E-state index in [1.54, 1.807) is 0 Å². The molecule has 19 heavy (non-hydrogen) atoms. The van der Waals surface area contributed by atoms with Crippen molar-refractivity contribution in [2.24, 2.45) is 0 Å². The zero-order chi connectivity index (χ0) is 13.4. The van der Waals surface area contributed by atoms with Gasteiger partial charge in [0, 0.05) is 20.9 Å². The van der Waals surface area contributed by atoms with Gasteiger partial charge in [-0.1, -0.05) is 59.9 Å². The summed E-state index contributed by atoms with van der Waals surface area (Å²) in [6, 6.07) is 12.6. The molecule has 1 nitrogen and oxygen atoms in total. The Bertz CT molecular complexity index is 608. The Morgan fingerprint density at radius 1 is 1.00 bits per heavy atom. The molecule has 0 spiro atoms. The van der Waals surface area contributed by atoms with Crippen LogP contribution in [-0.4, -0.2) is 6.61 Å². The van der Waals surface area contributed by atoms with Gasteiger partial charge in [-0.25, -0.2) is 0 Å². The summed E-state index contributed by atoms with van der Waals surface area (Å²) in [5.41, 5.74) is 3.69. The van der Waals surface area contributed by atoms with Crippen molar-refractivity contribution in [2.75, 3.05) is 6.61 Å². The molecule has 0 saturated carbocycles. The Kier molecular flexibility index (Phi) is 4.01. The van der Waals surface area contributed by atoms with Crippen LogP contribution in [0.3, 0.4) is 0 Å². The normalized spacial score (nSPS) is 14.9. The minimum absolute atomic E-state index is 0.143. The van der Waals surface area contributed by atoms with Gasteiger partial charge in [0.25, 0.3) is 0 Å². The standard InChI is InChI=1S/C15H11Br3O/c16-11-3-1-9(2-4-11)14(18)13-8-12(17)7-10-5-6-19-15(10)13/h1-4,7-8,14H,5-6H2. The first-order valence-corrected chi connectivity index (χ1v) is 8.50. The van der Waals surface area contributed by atoms with Gasteiger partial charge in [0.2, 0.25) is 0 Å². The van der Waals surface area contributed by atoms with Crippen LogP contribution in [-0.2, 0) is 6.42 Å². The summed E-state index contributed by atoms with van der Waals surface area (Å²) in [7, 11) is 0. The molecule has 3 rings (SSSR count). The van der Waals surface area contributed by atoms with E-state index in [1.807, 2.05) is 0 Å². The number of hydrogen-bond acceptors (Lipinski definition) is 1. The molecule has 0 N–H and O–H groups in total. The predicted molar refractivity (Wildman–Crippen MR) is 88.3 cm³/mol. The van der Waals surface area contributed by atoms with Crippen molar-refractivity contribution in [3.05, 3.63) is 62.0 Å². The molecular weight excluding hydrogens is 436 g/mol. The van der Waals surface area contributed by atoms with Gasteiger partial charge in [0.15, 0.2) is 0 Å². The van der Waals surface area contributed by atoms with Gasteiger partial charge < -0.3 is 4.74 Å². The van der Waals surface area contributed by atoms with Crippen LogP contribution in [0.5, 0.6) is 5.75 Å². The van der Waals surface area contributed by atoms with Gasteiger partial charge in [0.05, 0.1) is 11.4 Å². The van der Waals surface area contributed by atoms with Crippen LogP contribution in [0.15, 0.2) is 45.3 Å². The number of alkyl halides is 1. The van der Waals surface area contributed by atoms with Crippen molar-refractivity contribution in [3.63, 3.8) is 0 Å². The number of ether oxygens (including phenoxy) is 1.